The van der Waals surface area contributed by atoms with E-state index in [2.05, 4.69) is 48.7 Å². The third kappa shape index (κ3) is 9.82. The molecule has 1 aliphatic rings. The summed E-state index contributed by atoms with van der Waals surface area (Å²) in [5.41, 5.74) is 1.43. The molecule has 0 bridgehead atoms. The Morgan fingerprint density at radius 1 is 0.982 bits per heavy atom. The maximum atomic E-state index is 13.5. The fourth-order valence-electron chi connectivity index (χ4n) is 6.89. The van der Waals surface area contributed by atoms with E-state index < -0.39 is 38.3 Å². The summed E-state index contributed by atoms with van der Waals surface area (Å²) in [6.45, 7) is 11.6. The summed E-state index contributed by atoms with van der Waals surface area (Å²) in [5.74, 6) is 1.25. The first-order chi connectivity index (χ1) is 26.9. The number of rotatable bonds is 18. The van der Waals surface area contributed by atoms with Gasteiger partial charge in [-0.3, -0.25) is 9.36 Å². The minimum Gasteiger partial charge on any atom is -0.497 e. The second-order valence-corrected chi connectivity index (χ2v) is 15.4. The molecule has 1 amide bonds. The zero-order chi connectivity index (χ0) is 40.4. The SMILES string of the molecule is COc1ccc(C(OC[C@H]2O[C@@H](n3cc(C)c(NC(C)=O)nc3=O)C[C@@H]2OP(OCCC#N)N(C(C)C)C(C)C)(c2ccccc2)c2ccc(OC)cc2)cc1. The van der Waals surface area contributed by atoms with Crippen molar-refractivity contribution in [1.29, 1.82) is 5.26 Å². The van der Waals surface area contributed by atoms with Crippen molar-refractivity contribution in [2.45, 2.75) is 90.5 Å². The van der Waals surface area contributed by atoms with Crippen molar-refractivity contribution in [2.24, 2.45) is 0 Å². The van der Waals surface area contributed by atoms with Crippen molar-refractivity contribution in [3.8, 4) is 17.6 Å². The van der Waals surface area contributed by atoms with Crippen molar-refractivity contribution in [1.82, 2.24) is 14.2 Å². The van der Waals surface area contributed by atoms with Crippen LogP contribution in [0.5, 0.6) is 11.5 Å². The number of hydrogen-bond donors (Lipinski definition) is 1. The number of aryl methyl sites for hydroxylation is 1. The lowest BCUT2D eigenvalue weighted by Gasteiger charge is -2.39. The van der Waals surface area contributed by atoms with E-state index in [0.717, 1.165) is 16.7 Å². The van der Waals surface area contributed by atoms with Gasteiger partial charge in [-0.25, -0.2) is 9.46 Å². The van der Waals surface area contributed by atoms with Crippen LogP contribution in [0.2, 0.25) is 0 Å². The molecular formula is C42H52N5O8P. The van der Waals surface area contributed by atoms with Gasteiger partial charge in [-0.1, -0.05) is 54.6 Å². The summed E-state index contributed by atoms with van der Waals surface area (Å²) in [4.78, 5) is 29.5. The first-order valence-corrected chi connectivity index (χ1v) is 19.8. The van der Waals surface area contributed by atoms with Gasteiger partial charge in [0.25, 0.3) is 8.53 Å². The van der Waals surface area contributed by atoms with Gasteiger partial charge in [-0.2, -0.15) is 10.2 Å². The Morgan fingerprint density at radius 3 is 2.07 bits per heavy atom. The first-order valence-electron chi connectivity index (χ1n) is 18.7. The van der Waals surface area contributed by atoms with Crippen LogP contribution in [0.3, 0.4) is 0 Å². The highest BCUT2D eigenvalue weighted by molar-refractivity contribution is 7.44. The van der Waals surface area contributed by atoms with Crippen LogP contribution in [0.15, 0.2) is 89.9 Å². The molecule has 1 aromatic heterocycles. The van der Waals surface area contributed by atoms with Gasteiger partial charge in [0.05, 0.1) is 46.0 Å². The van der Waals surface area contributed by atoms with Crippen molar-refractivity contribution in [3.63, 3.8) is 0 Å². The molecule has 1 N–H and O–H groups in total. The lowest BCUT2D eigenvalue weighted by Crippen LogP contribution is -2.39. The predicted molar refractivity (Wildman–Crippen MR) is 214 cm³/mol. The molecule has 1 saturated heterocycles. The molecule has 0 aliphatic carbocycles. The average Bonchev–Trinajstić information content (AvgIpc) is 3.58. The minimum absolute atomic E-state index is 0.0317. The number of hydrogen-bond acceptors (Lipinski definition) is 11. The van der Waals surface area contributed by atoms with Gasteiger partial charge in [0.2, 0.25) is 5.91 Å². The Morgan fingerprint density at radius 2 is 1.55 bits per heavy atom. The molecule has 0 radical (unpaired) electrons. The summed E-state index contributed by atoms with van der Waals surface area (Å²) < 4.78 is 41.9. The molecule has 298 valence electrons. The normalized spacial score (nSPS) is 17.6. The van der Waals surface area contributed by atoms with E-state index in [-0.39, 0.29) is 49.9 Å². The Bertz CT molecular complexity index is 1930. The smallest absolute Gasteiger partial charge is 0.351 e. The van der Waals surface area contributed by atoms with Gasteiger partial charge in [0.15, 0.2) is 0 Å². The number of carbonyl (C=O) groups is 1. The van der Waals surface area contributed by atoms with E-state index in [4.69, 9.17) is 28.0 Å². The van der Waals surface area contributed by atoms with Crippen molar-refractivity contribution in [2.75, 3.05) is 32.8 Å². The van der Waals surface area contributed by atoms with E-state index in [9.17, 15) is 14.9 Å². The second-order valence-electron chi connectivity index (χ2n) is 14.0. The lowest BCUT2D eigenvalue weighted by molar-refractivity contribution is -0.114. The molecule has 1 aliphatic heterocycles. The van der Waals surface area contributed by atoms with Crippen LogP contribution >= 0.6 is 8.53 Å². The van der Waals surface area contributed by atoms with E-state index in [1.54, 1.807) is 27.3 Å². The number of nitriles is 1. The molecule has 0 spiro atoms. The largest absolute Gasteiger partial charge is 0.497 e. The van der Waals surface area contributed by atoms with E-state index in [1.165, 1.54) is 11.5 Å². The van der Waals surface area contributed by atoms with Crippen LogP contribution in [0, 0.1) is 18.3 Å². The quantitative estimate of drug-likeness (QED) is 0.0609. The molecule has 0 saturated carbocycles. The van der Waals surface area contributed by atoms with Crippen molar-refractivity contribution < 1.29 is 32.8 Å². The summed E-state index contributed by atoms with van der Waals surface area (Å²) >= 11 is 0. The van der Waals surface area contributed by atoms with Crippen LogP contribution in [0.25, 0.3) is 0 Å². The number of amides is 1. The molecule has 56 heavy (non-hydrogen) atoms. The highest BCUT2D eigenvalue weighted by Crippen LogP contribution is 2.50. The van der Waals surface area contributed by atoms with Crippen LogP contribution in [0.4, 0.5) is 5.82 Å². The molecule has 14 heteroatoms. The number of carbonyl (C=O) groups excluding carboxylic acids is 1. The summed E-state index contributed by atoms with van der Waals surface area (Å²) in [7, 11) is 1.57. The molecule has 3 aromatic carbocycles. The summed E-state index contributed by atoms with van der Waals surface area (Å²) in [6, 6.07) is 27.8. The second kappa shape index (κ2) is 19.5. The van der Waals surface area contributed by atoms with Crippen molar-refractivity contribution in [3.05, 3.63) is 118 Å². The standard InChI is InChI=1S/C42H52N5O8P/c1-28(2)47(29(3)4)56(53-24-12-23-43)55-37-25-39(46-26-30(5)40(44-31(6)48)45-41(46)49)54-38(37)27-52-42(32-13-10-9-11-14-32,33-15-19-35(50-7)20-16-33)34-17-21-36(51-8)22-18-34/h9-11,13-22,26,28-29,37-39H,12,24-25,27H2,1-8H3,(H,44,45,48,49)/t37-,38+,39+,56?/m0/s1. The Balaban J connectivity index is 1.61. The number of methoxy groups -OCH3 is 2. The number of nitrogens with one attached hydrogen (secondary N) is 1. The van der Waals surface area contributed by atoms with Gasteiger partial charge in [-0.15, -0.1) is 0 Å². The lowest BCUT2D eigenvalue weighted by atomic mass is 9.80. The maximum Gasteiger partial charge on any atom is 0.351 e. The molecule has 2 heterocycles. The monoisotopic (exact) mass is 785 g/mol. The predicted octanol–water partition coefficient (Wildman–Crippen LogP) is 7.48. The fourth-order valence-corrected chi connectivity index (χ4v) is 8.65. The molecular weight excluding hydrogens is 733 g/mol. The highest BCUT2D eigenvalue weighted by atomic mass is 31.2. The molecule has 5 rings (SSSR count). The summed E-state index contributed by atoms with van der Waals surface area (Å²) in [6.07, 6.45) is 0.00222. The van der Waals surface area contributed by atoms with Crippen LogP contribution < -0.4 is 20.5 Å². The molecule has 1 unspecified atom stereocenters. The van der Waals surface area contributed by atoms with E-state index >= 15 is 0 Å². The molecule has 13 nitrogen and oxygen atoms in total. The number of benzene rings is 3. The Labute approximate surface area is 330 Å². The number of nitrogens with zero attached hydrogens (tertiary/aromatic N) is 4. The Kier molecular flexibility index (Phi) is 14.8. The molecule has 4 atom stereocenters. The highest BCUT2D eigenvalue weighted by Gasteiger charge is 2.45. The van der Waals surface area contributed by atoms with Crippen LogP contribution in [-0.4, -0.2) is 71.9 Å². The number of ether oxygens (including phenoxy) is 4. The topological polar surface area (TPSA) is 146 Å². The average molecular weight is 786 g/mol. The van der Waals surface area contributed by atoms with E-state index in [0.29, 0.717) is 17.1 Å². The summed E-state index contributed by atoms with van der Waals surface area (Å²) in [5, 5.41) is 12.0. The fraction of sp³-hybridized carbons (Fsp3) is 0.429. The van der Waals surface area contributed by atoms with Gasteiger partial charge in [0, 0.05) is 37.2 Å². The third-order valence-electron chi connectivity index (χ3n) is 9.45. The maximum absolute atomic E-state index is 13.5. The minimum atomic E-state index is -1.68. The molecule has 1 fully saturated rings. The number of aromatic nitrogens is 2. The number of anilines is 1. The third-order valence-corrected chi connectivity index (χ3v) is 11.6. The van der Waals surface area contributed by atoms with Crippen molar-refractivity contribution >= 4 is 20.3 Å². The van der Waals surface area contributed by atoms with Gasteiger partial charge in [0.1, 0.15) is 35.2 Å². The van der Waals surface area contributed by atoms with E-state index in [1.807, 2.05) is 78.9 Å². The zero-order valence-electron chi connectivity index (χ0n) is 33.3. The molecule has 4 aromatic rings. The van der Waals surface area contributed by atoms with Crippen LogP contribution in [0.1, 0.15) is 75.9 Å². The van der Waals surface area contributed by atoms with Crippen LogP contribution in [-0.2, 0) is 28.9 Å². The first kappa shape index (κ1) is 42.5. The van der Waals surface area contributed by atoms with Gasteiger partial charge in [-0.05, 0) is 75.6 Å². The zero-order valence-corrected chi connectivity index (χ0v) is 34.2. The Hall–Kier alpha value is -4.67. The van der Waals surface area contributed by atoms with Gasteiger partial charge >= 0.3 is 5.69 Å². The van der Waals surface area contributed by atoms with Gasteiger partial charge < -0.3 is 33.3 Å².